The largest absolute Gasteiger partial charge is 0.306 e. The van der Waals surface area contributed by atoms with E-state index in [-0.39, 0.29) is 0 Å². The van der Waals surface area contributed by atoms with Gasteiger partial charge in [-0.3, -0.25) is 0 Å². The van der Waals surface area contributed by atoms with Crippen LogP contribution in [0.5, 0.6) is 0 Å². The standard InChI is InChI=1S/C16H24N2/c1-12-10-14(11-18(12)2)17-16-9-5-7-13-6-3-4-8-15(13)16/h3-4,6,8,12,14,16-17H,5,7,9-11H2,1-2H3. The average molecular weight is 244 g/mol. The maximum atomic E-state index is 3.89. The summed E-state index contributed by atoms with van der Waals surface area (Å²) >= 11 is 0. The summed E-state index contributed by atoms with van der Waals surface area (Å²) in [5.41, 5.74) is 3.10. The normalized spacial score (nSPS) is 32.4. The molecule has 2 aliphatic rings. The first-order valence-corrected chi connectivity index (χ1v) is 7.28. The van der Waals surface area contributed by atoms with E-state index in [2.05, 4.69) is 48.5 Å². The van der Waals surface area contributed by atoms with Crippen LogP contribution in [0.15, 0.2) is 24.3 Å². The van der Waals surface area contributed by atoms with E-state index < -0.39 is 0 Å². The summed E-state index contributed by atoms with van der Waals surface area (Å²) in [7, 11) is 2.24. The minimum absolute atomic E-state index is 0.582. The Labute approximate surface area is 110 Å². The Morgan fingerprint density at radius 2 is 2.11 bits per heavy atom. The van der Waals surface area contributed by atoms with Crippen LogP contribution in [0.2, 0.25) is 0 Å². The molecule has 1 aromatic rings. The molecule has 1 aliphatic carbocycles. The van der Waals surface area contributed by atoms with Crippen molar-refractivity contribution in [3.8, 4) is 0 Å². The molecule has 98 valence electrons. The molecular weight excluding hydrogens is 220 g/mol. The fourth-order valence-electron chi connectivity index (χ4n) is 3.53. The lowest BCUT2D eigenvalue weighted by Gasteiger charge is -2.29. The van der Waals surface area contributed by atoms with Gasteiger partial charge in [0, 0.05) is 24.7 Å². The third-order valence-electron chi connectivity index (χ3n) is 4.69. The number of nitrogens with one attached hydrogen (secondary N) is 1. The molecule has 3 atom stereocenters. The lowest BCUT2D eigenvalue weighted by molar-refractivity contribution is 0.322. The van der Waals surface area contributed by atoms with Gasteiger partial charge in [0.1, 0.15) is 0 Å². The van der Waals surface area contributed by atoms with E-state index in [0.29, 0.717) is 12.1 Å². The summed E-state index contributed by atoms with van der Waals surface area (Å²) in [6, 6.07) is 10.9. The van der Waals surface area contributed by atoms with Gasteiger partial charge < -0.3 is 10.2 Å². The second-order valence-corrected chi connectivity index (χ2v) is 6.03. The molecule has 2 heteroatoms. The van der Waals surface area contributed by atoms with Crippen molar-refractivity contribution in [2.75, 3.05) is 13.6 Å². The van der Waals surface area contributed by atoms with Crippen LogP contribution in [-0.4, -0.2) is 30.6 Å². The minimum atomic E-state index is 0.582. The third kappa shape index (κ3) is 2.32. The van der Waals surface area contributed by atoms with E-state index in [0.717, 1.165) is 6.04 Å². The smallest absolute Gasteiger partial charge is 0.0326 e. The zero-order valence-corrected chi connectivity index (χ0v) is 11.5. The molecule has 1 saturated heterocycles. The highest BCUT2D eigenvalue weighted by Gasteiger charge is 2.29. The molecule has 1 fully saturated rings. The summed E-state index contributed by atoms with van der Waals surface area (Å²) in [5, 5.41) is 3.89. The van der Waals surface area contributed by atoms with E-state index in [1.54, 1.807) is 11.1 Å². The molecule has 0 bridgehead atoms. The van der Waals surface area contributed by atoms with E-state index in [9.17, 15) is 0 Å². The Morgan fingerprint density at radius 3 is 2.89 bits per heavy atom. The molecular formula is C16H24N2. The van der Waals surface area contributed by atoms with E-state index in [4.69, 9.17) is 0 Å². The highest BCUT2D eigenvalue weighted by Crippen LogP contribution is 2.31. The average Bonchev–Trinajstić information content (AvgIpc) is 2.69. The zero-order chi connectivity index (χ0) is 12.5. The number of hydrogen-bond acceptors (Lipinski definition) is 2. The number of nitrogens with zero attached hydrogens (tertiary/aromatic N) is 1. The minimum Gasteiger partial charge on any atom is -0.306 e. The topological polar surface area (TPSA) is 15.3 Å². The fraction of sp³-hybridized carbons (Fsp3) is 0.625. The molecule has 18 heavy (non-hydrogen) atoms. The maximum absolute atomic E-state index is 3.89. The number of aryl methyl sites for hydroxylation is 1. The number of fused-ring (bicyclic) bond motifs is 1. The predicted molar refractivity (Wildman–Crippen MR) is 75.8 cm³/mol. The van der Waals surface area contributed by atoms with Gasteiger partial charge in [-0.1, -0.05) is 24.3 Å². The van der Waals surface area contributed by atoms with Gasteiger partial charge in [-0.2, -0.15) is 0 Å². The molecule has 0 spiro atoms. The maximum Gasteiger partial charge on any atom is 0.0326 e. The lowest BCUT2D eigenvalue weighted by atomic mass is 9.87. The van der Waals surface area contributed by atoms with Crippen LogP contribution < -0.4 is 5.32 Å². The van der Waals surface area contributed by atoms with Crippen LogP contribution in [0.1, 0.15) is 43.4 Å². The van der Waals surface area contributed by atoms with Gasteiger partial charge in [0.05, 0.1) is 0 Å². The van der Waals surface area contributed by atoms with Crippen LogP contribution in [0.4, 0.5) is 0 Å². The number of benzene rings is 1. The van der Waals surface area contributed by atoms with Crippen LogP contribution in [0.3, 0.4) is 0 Å². The molecule has 1 aromatic carbocycles. The highest BCUT2D eigenvalue weighted by molar-refractivity contribution is 5.32. The summed E-state index contributed by atoms with van der Waals surface area (Å²) in [6.45, 7) is 3.52. The van der Waals surface area contributed by atoms with Crippen LogP contribution in [0.25, 0.3) is 0 Å². The molecule has 1 aliphatic heterocycles. The van der Waals surface area contributed by atoms with Gasteiger partial charge in [0.25, 0.3) is 0 Å². The van der Waals surface area contributed by atoms with Crippen molar-refractivity contribution in [2.24, 2.45) is 0 Å². The van der Waals surface area contributed by atoms with E-state index in [1.165, 1.54) is 32.2 Å². The Balaban J connectivity index is 1.71. The number of likely N-dealkylation sites (N-methyl/N-ethyl adjacent to an activating group) is 1. The number of likely N-dealkylation sites (tertiary alicyclic amines) is 1. The van der Waals surface area contributed by atoms with Crippen molar-refractivity contribution in [3.05, 3.63) is 35.4 Å². The molecule has 0 radical (unpaired) electrons. The van der Waals surface area contributed by atoms with E-state index >= 15 is 0 Å². The van der Waals surface area contributed by atoms with Crippen LogP contribution in [-0.2, 0) is 6.42 Å². The first kappa shape index (κ1) is 12.2. The first-order valence-electron chi connectivity index (χ1n) is 7.28. The number of rotatable bonds is 2. The third-order valence-corrected chi connectivity index (χ3v) is 4.69. The second kappa shape index (κ2) is 5.02. The highest BCUT2D eigenvalue weighted by atomic mass is 15.2. The van der Waals surface area contributed by atoms with Gasteiger partial charge >= 0.3 is 0 Å². The summed E-state index contributed by atoms with van der Waals surface area (Å²) in [4.78, 5) is 2.46. The van der Waals surface area contributed by atoms with Crippen molar-refractivity contribution in [1.82, 2.24) is 10.2 Å². The van der Waals surface area contributed by atoms with Crippen molar-refractivity contribution in [2.45, 2.75) is 50.7 Å². The molecule has 0 aromatic heterocycles. The van der Waals surface area contributed by atoms with Crippen molar-refractivity contribution >= 4 is 0 Å². The SMILES string of the molecule is CC1CC(NC2CCCc3ccccc32)CN1C. The Kier molecular flexibility index (Phi) is 3.40. The molecule has 1 N–H and O–H groups in total. The molecule has 3 rings (SSSR count). The summed E-state index contributed by atoms with van der Waals surface area (Å²) in [6.07, 6.45) is 5.17. The van der Waals surface area contributed by atoms with E-state index in [1.807, 2.05) is 0 Å². The van der Waals surface area contributed by atoms with Crippen LogP contribution in [0, 0.1) is 0 Å². The van der Waals surface area contributed by atoms with Gasteiger partial charge in [0.15, 0.2) is 0 Å². The summed E-state index contributed by atoms with van der Waals surface area (Å²) < 4.78 is 0. The Bertz CT molecular complexity index is 405. The van der Waals surface area contributed by atoms with Crippen molar-refractivity contribution in [1.29, 1.82) is 0 Å². The Morgan fingerprint density at radius 1 is 1.28 bits per heavy atom. The quantitative estimate of drug-likeness (QED) is 0.860. The lowest BCUT2D eigenvalue weighted by Crippen LogP contribution is -2.36. The molecule has 0 amide bonds. The number of hydrogen-bond donors (Lipinski definition) is 1. The van der Waals surface area contributed by atoms with Gasteiger partial charge in [-0.05, 0) is 50.8 Å². The molecule has 1 heterocycles. The zero-order valence-electron chi connectivity index (χ0n) is 11.5. The summed E-state index contributed by atoms with van der Waals surface area (Å²) in [5.74, 6) is 0. The predicted octanol–water partition coefficient (Wildman–Crippen LogP) is 2.75. The monoisotopic (exact) mass is 244 g/mol. The van der Waals surface area contributed by atoms with Gasteiger partial charge in [-0.15, -0.1) is 0 Å². The van der Waals surface area contributed by atoms with Gasteiger partial charge in [0.2, 0.25) is 0 Å². The van der Waals surface area contributed by atoms with Crippen molar-refractivity contribution in [3.63, 3.8) is 0 Å². The fourth-order valence-corrected chi connectivity index (χ4v) is 3.53. The Hall–Kier alpha value is -0.860. The first-order chi connectivity index (χ1) is 8.74. The molecule has 2 nitrogen and oxygen atoms in total. The van der Waals surface area contributed by atoms with Crippen molar-refractivity contribution < 1.29 is 0 Å². The molecule has 3 unspecified atom stereocenters. The van der Waals surface area contributed by atoms with Crippen LogP contribution >= 0.6 is 0 Å². The van der Waals surface area contributed by atoms with Gasteiger partial charge in [-0.25, -0.2) is 0 Å². The second-order valence-electron chi connectivity index (χ2n) is 6.03. The molecule has 0 saturated carbocycles.